The van der Waals surface area contributed by atoms with Crippen LogP contribution in [0, 0.1) is 0 Å². The van der Waals surface area contributed by atoms with Gasteiger partial charge in [0.25, 0.3) is 0 Å². The molecule has 32 heavy (non-hydrogen) atoms. The van der Waals surface area contributed by atoms with Gasteiger partial charge in [-0.15, -0.1) is 0 Å². The predicted octanol–water partition coefficient (Wildman–Crippen LogP) is 4.42. The summed E-state index contributed by atoms with van der Waals surface area (Å²) >= 11 is 1.72. The number of carbonyl (C=O) groups is 1. The van der Waals surface area contributed by atoms with Gasteiger partial charge in [-0.05, 0) is 29.0 Å². The highest BCUT2D eigenvalue weighted by Gasteiger charge is 2.27. The third-order valence-corrected chi connectivity index (χ3v) is 6.91. The molecule has 1 saturated heterocycles. The molecule has 1 fully saturated rings. The number of ether oxygens (including phenoxy) is 1. The molecule has 0 saturated carbocycles. The molecule has 0 unspecified atom stereocenters. The van der Waals surface area contributed by atoms with Crippen molar-refractivity contribution in [3.63, 3.8) is 0 Å². The second-order valence-corrected chi connectivity index (χ2v) is 8.84. The third kappa shape index (κ3) is 3.40. The molecule has 3 aromatic carbocycles. The van der Waals surface area contributed by atoms with E-state index in [0.717, 1.165) is 53.2 Å². The van der Waals surface area contributed by atoms with Crippen LogP contribution in [-0.2, 0) is 9.53 Å². The number of thiazole rings is 1. The number of hydrogen-bond acceptors (Lipinski definition) is 7. The van der Waals surface area contributed by atoms with Gasteiger partial charge in [-0.3, -0.25) is 0 Å². The van der Waals surface area contributed by atoms with Crippen molar-refractivity contribution in [1.29, 1.82) is 0 Å². The molecule has 2 aliphatic heterocycles. The van der Waals surface area contributed by atoms with Gasteiger partial charge in [-0.1, -0.05) is 59.9 Å². The molecule has 0 N–H and O–H groups in total. The molecule has 4 aromatic rings. The van der Waals surface area contributed by atoms with E-state index in [2.05, 4.69) is 20.9 Å². The van der Waals surface area contributed by atoms with Crippen LogP contribution in [0.1, 0.15) is 5.56 Å². The Balaban J connectivity index is 1.20. The van der Waals surface area contributed by atoms with E-state index in [0.29, 0.717) is 11.6 Å². The summed E-state index contributed by atoms with van der Waals surface area (Å²) < 4.78 is 6.74. The van der Waals surface area contributed by atoms with Gasteiger partial charge in [-0.2, -0.15) is 0 Å². The SMILES string of the molecule is O=C1OC(c2cccc3ccccc23)=NC1=CN1CCN(c2nc3ccccc3s2)CC1. The number of aromatic nitrogens is 1. The van der Waals surface area contributed by atoms with E-state index >= 15 is 0 Å². The molecular weight excluding hydrogens is 420 g/mol. The van der Waals surface area contributed by atoms with Crippen molar-refractivity contribution in [2.24, 2.45) is 4.99 Å². The summed E-state index contributed by atoms with van der Waals surface area (Å²) in [7, 11) is 0. The topological polar surface area (TPSA) is 58.0 Å². The zero-order valence-electron chi connectivity index (χ0n) is 17.3. The number of esters is 1. The highest BCUT2D eigenvalue weighted by Crippen LogP contribution is 2.29. The Bertz CT molecular complexity index is 1360. The molecule has 0 atom stereocenters. The zero-order valence-corrected chi connectivity index (χ0v) is 18.1. The zero-order chi connectivity index (χ0) is 21.5. The minimum atomic E-state index is -0.401. The van der Waals surface area contributed by atoms with Gasteiger partial charge in [0.05, 0.1) is 10.2 Å². The summed E-state index contributed by atoms with van der Waals surface area (Å²) in [4.78, 5) is 26.2. The largest absolute Gasteiger partial charge is 0.402 e. The molecule has 1 aromatic heterocycles. The van der Waals surface area contributed by atoms with E-state index < -0.39 is 5.97 Å². The Kier molecular flexibility index (Phi) is 4.61. The van der Waals surface area contributed by atoms with E-state index in [-0.39, 0.29) is 0 Å². The molecule has 0 spiro atoms. The van der Waals surface area contributed by atoms with Gasteiger partial charge < -0.3 is 14.5 Å². The van der Waals surface area contributed by atoms with Crippen LogP contribution < -0.4 is 4.90 Å². The molecule has 3 heterocycles. The van der Waals surface area contributed by atoms with Crippen LogP contribution in [-0.4, -0.2) is 47.9 Å². The lowest BCUT2D eigenvalue weighted by Gasteiger charge is -2.33. The van der Waals surface area contributed by atoms with Crippen molar-refractivity contribution in [3.05, 3.63) is 84.2 Å². The number of benzene rings is 3. The maximum absolute atomic E-state index is 12.5. The van der Waals surface area contributed by atoms with Crippen LogP contribution in [0.25, 0.3) is 21.0 Å². The van der Waals surface area contributed by atoms with E-state index in [1.54, 1.807) is 11.3 Å². The number of aliphatic imine (C=N–C) groups is 1. The quantitative estimate of drug-likeness (QED) is 0.349. The molecule has 158 valence electrons. The highest BCUT2D eigenvalue weighted by atomic mass is 32.1. The first-order valence-electron chi connectivity index (χ1n) is 10.6. The smallest absolute Gasteiger partial charge is 0.365 e. The number of nitrogens with zero attached hydrogens (tertiary/aromatic N) is 4. The van der Waals surface area contributed by atoms with Gasteiger partial charge in [0.1, 0.15) is 0 Å². The average Bonchev–Trinajstić information content (AvgIpc) is 3.43. The summed E-state index contributed by atoms with van der Waals surface area (Å²) in [6, 6.07) is 22.2. The fourth-order valence-corrected chi connectivity index (χ4v) is 5.15. The Morgan fingerprint density at radius 3 is 2.56 bits per heavy atom. The van der Waals surface area contributed by atoms with E-state index in [1.165, 1.54) is 4.70 Å². The molecule has 0 radical (unpaired) electrons. The molecule has 6 nitrogen and oxygen atoms in total. The van der Waals surface area contributed by atoms with E-state index in [9.17, 15) is 4.79 Å². The lowest BCUT2D eigenvalue weighted by Crippen LogP contribution is -2.44. The molecule has 6 rings (SSSR count). The minimum Gasteiger partial charge on any atom is -0.402 e. The van der Waals surface area contributed by atoms with Crippen LogP contribution in [0.4, 0.5) is 5.13 Å². The van der Waals surface area contributed by atoms with Gasteiger partial charge in [0, 0.05) is 37.9 Å². The van der Waals surface area contributed by atoms with Crippen molar-refractivity contribution in [2.45, 2.75) is 0 Å². The number of rotatable bonds is 3. The number of piperazine rings is 1. The van der Waals surface area contributed by atoms with Crippen molar-refractivity contribution in [3.8, 4) is 0 Å². The lowest BCUT2D eigenvalue weighted by atomic mass is 10.0. The maximum Gasteiger partial charge on any atom is 0.365 e. The predicted molar refractivity (Wildman–Crippen MR) is 128 cm³/mol. The number of fused-ring (bicyclic) bond motifs is 2. The fourth-order valence-electron chi connectivity index (χ4n) is 4.14. The molecule has 0 bridgehead atoms. The van der Waals surface area contributed by atoms with Crippen molar-refractivity contribution >= 4 is 49.3 Å². The van der Waals surface area contributed by atoms with Crippen LogP contribution in [0.15, 0.2) is 83.6 Å². The Labute approximate surface area is 189 Å². The second-order valence-electron chi connectivity index (χ2n) is 7.83. The van der Waals surface area contributed by atoms with Crippen LogP contribution in [0.2, 0.25) is 0 Å². The summed E-state index contributed by atoms with van der Waals surface area (Å²) in [6.45, 7) is 3.29. The summed E-state index contributed by atoms with van der Waals surface area (Å²) in [5, 5.41) is 3.16. The van der Waals surface area contributed by atoms with Crippen molar-refractivity contribution in [1.82, 2.24) is 9.88 Å². The van der Waals surface area contributed by atoms with Gasteiger partial charge in [-0.25, -0.2) is 14.8 Å². The van der Waals surface area contributed by atoms with Gasteiger partial charge in [0.2, 0.25) is 5.90 Å². The van der Waals surface area contributed by atoms with Gasteiger partial charge >= 0.3 is 5.97 Å². The van der Waals surface area contributed by atoms with Gasteiger partial charge in [0.15, 0.2) is 10.8 Å². The number of anilines is 1. The average molecular weight is 441 g/mol. The van der Waals surface area contributed by atoms with E-state index in [4.69, 9.17) is 9.72 Å². The lowest BCUT2D eigenvalue weighted by molar-refractivity contribution is -0.130. The number of hydrogen-bond donors (Lipinski definition) is 0. The number of cyclic esters (lactones) is 1. The molecule has 0 amide bonds. The summed E-state index contributed by atoms with van der Waals surface area (Å²) in [6.07, 6.45) is 1.83. The third-order valence-electron chi connectivity index (χ3n) is 5.81. The molecule has 7 heteroatoms. The molecule has 2 aliphatic rings. The maximum atomic E-state index is 12.5. The van der Waals surface area contributed by atoms with Crippen molar-refractivity contribution < 1.29 is 9.53 Å². The first-order valence-corrected chi connectivity index (χ1v) is 11.4. The molecular formula is C25H20N4O2S. The number of para-hydroxylation sites is 1. The summed E-state index contributed by atoms with van der Waals surface area (Å²) in [5.41, 5.74) is 2.22. The first-order chi connectivity index (χ1) is 15.7. The minimum absolute atomic E-state index is 0.348. The van der Waals surface area contributed by atoms with Crippen LogP contribution in [0.5, 0.6) is 0 Å². The van der Waals surface area contributed by atoms with Crippen LogP contribution >= 0.6 is 11.3 Å². The normalized spacial score (nSPS) is 17.9. The van der Waals surface area contributed by atoms with Crippen LogP contribution in [0.3, 0.4) is 0 Å². The number of carbonyl (C=O) groups excluding carboxylic acids is 1. The highest BCUT2D eigenvalue weighted by molar-refractivity contribution is 7.22. The fraction of sp³-hybridized carbons (Fsp3) is 0.160. The monoisotopic (exact) mass is 440 g/mol. The van der Waals surface area contributed by atoms with Crippen molar-refractivity contribution in [2.75, 3.05) is 31.1 Å². The summed E-state index contributed by atoms with van der Waals surface area (Å²) in [5.74, 6) is -0.0345. The first kappa shape index (κ1) is 19.0. The van der Waals surface area contributed by atoms with E-state index in [1.807, 2.05) is 66.9 Å². The Morgan fingerprint density at radius 1 is 0.906 bits per heavy atom. The Hall–Kier alpha value is -3.71. The second kappa shape index (κ2) is 7.76. The standard InChI is InChI=1S/C25H20N4O2S/c30-24-21(26-23(31-24)19-9-5-7-17-6-1-2-8-18(17)19)16-28-12-14-29(15-13-28)25-27-20-10-3-4-11-22(20)32-25/h1-11,16H,12-15H2. The molecule has 0 aliphatic carbocycles. The Morgan fingerprint density at radius 2 is 1.69 bits per heavy atom.